The molecule has 3 aromatic heterocycles. The highest BCUT2D eigenvalue weighted by atomic mass is 16.5. The van der Waals surface area contributed by atoms with Gasteiger partial charge in [-0.2, -0.15) is 4.98 Å². The van der Waals surface area contributed by atoms with Gasteiger partial charge in [0.15, 0.2) is 5.78 Å². The SMILES string of the molecule is CCCCC(CCC)(C(=O)NO)N1CCN(c2ccc(Nc3ncc4c(C)c(C(C)=O)c(=O)n(C5CCCC5)c4n3)nc2)CC1. The molecule has 45 heavy (non-hydrogen) atoms. The molecule has 3 N–H and O–H groups in total. The number of amides is 1. The number of ketones is 1. The van der Waals surface area contributed by atoms with E-state index in [1.807, 2.05) is 23.8 Å². The molecule has 12 heteroatoms. The standard InChI is InChI=1S/C33H46N8O4/c1-5-7-15-33(14-6-2,31(44)38-45)40-18-16-39(17-19-40)25-12-13-27(34-20-25)36-32-35-21-26-22(3)28(23(4)42)30(43)41(29(26)37-32)24-10-8-9-11-24/h12-13,20-21,24,45H,5-11,14-19H2,1-4H3,(H,38,44)(H,34,35,36,37). The maximum Gasteiger partial charge on any atom is 0.263 e. The van der Waals surface area contributed by atoms with Gasteiger partial charge < -0.3 is 10.2 Å². The summed E-state index contributed by atoms with van der Waals surface area (Å²) in [6, 6.07) is 3.89. The Bertz CT molecular complexity index is 1580. The molecule has 1 aliphatic carbocycles. The summed E-state index contributed by atoms with van der Waals surface area (Å²) in [6.07, 6.45) is 11.5. The molecule has 0 spiro atoms. The van der Waals surface area contributed by atoms with Crippen LogP contribution in [0.25, 0.3) is 11.0 Å². The number of fused-ring (bicyclic) bond motifs is 1. The van der Waals surface area contributed by atoms with Crippen LogP contribution in [-0.4, -0.2) is 73.0 Å². The van der Waals surface area contributed by atoms with Gasteiger partial charge in [0.1, 0.15) is 17.0 Å². The summed E-state index contributed by atoms with van der Waals surface area (Å²) in [4.78, 5) is 57.2. The molecule has 1 amide bonds. The van der Waals surface area contributed by atoms with Crippen molar-refractivity contribution in [2.45, 2.75) is 97.1 Å². The number of nitrogens with zero attached hydrogens (tertiary/aromatic N) is 6. The highest BCUT2D eigenvalue weighted by molar-refractivity contribution is 5.99. The van der Waals surface area contributed by atoms with Gasteiger partial charge >= 0.3 is 0 Å². The molecule has 12 nitrogen and oxygen atoms in total. The topological polar surface area (TPSA) is 146 Å². The molecule has 1 aliphatic heterocycles. The van der Waals surface area contributed by atoms with E-state index in [2.05, 4.69) is 38.9 Å². The lowest BCUT2D eigenvalue weighted by Crippen LogP contribution is -2.63. The van der Waals surface area contributed by atoms with E-state index in [1.165, 1.54) is 6.92 Å². The van der Waals surface area contributed by atoms with E-state index in [0.29, 0.717) is 47.9 Å². The predicted molar refractivity (Wildman–Crippen MR) is 174 cm³/mol. The van der Waals surface area contributed by atoms with Gasteiger partial charge in [-0.05, 0) is 57.2 Å². The zero-order chi connectivity index (χ0) is 32.1. The predicted octanol–water partition coefficient (Wildman–Crippen LogP) is 4.91. The number of anilines is 3. The number of aromatic nitrogens is 4. The van der Waals surface area contributed by atoms with Gasteiger partial charge in [0.25, 0.3) is 11.5 Å². The van der Waals surface area contributed by atoms with E-state index in [-0.39, 0.29) is 28.9 Å². The van der Waals surface area contributed by atoms with Crippen LogP contribution in [0, 0.1) is 6.92 Å². The lowest BCUT2D eigenvalue weighted by Gasteiger charge is -2.47. The first kappa shape index (κ1) is 32.5. The summed E-state index contributed by atoms with van der Waals surface area (Å²) in [5, 5.41) is 13.5. The molecule has 1 unspecified atom stereocenters. The molecule has 3 aromatic rings. The largest absolute Gasteiger partial charge is 0.368 e. The Kier molecular flexibility index (Phi) is 10.1. The molecule has 242 valence electrons. The fourth-order valence-electron chi connectivity index (χ4n) is 7.26. The Balaban J connectivity index is 1.33. The van der Waals surface area contributed by atoms with Gasteiger partial charge in [-0.25, -0.2) is 15.4 Å². The molecule has 1 atom stereocenters. The van der Waals surface area contributed by atoms with Crippen LogP contribution in [0.4, 0.5) is 17.5 Å². The van der Waals surface area contributed by atoms with Crippen molar-refractivity contribution in [3.05, 3.63) is 46.0 Å². The molecule has 1 saturated heterocycles. The minimum absolute atomic E-state index is 0.0103. The van der Waals surface area contributed by atoms with Crippen molar-refractivity contribution in [3.8, 4) is 0 Å². The van der Waals surface area contributed by atoms with Crippen molar-refractivity contribution in [2.24, 2.45) is 0 Å². The van der Waals surface area contributed by atoms with Crippen molar-refractivity contribution in [1.29, 1.82) is 0 Å². The number of hydrogen-bond donors (Lipinski definition) is 3. The van der Waals surface area contributed by atoms with Gasteiger partial charge in [-0.15, -0.1) is 0 Å². The quantitative estimate of drug-likeness (QED) is 0.145. The van der Waals surface area contributed by atoms with Gasteiger partial charge in [0.05, 0.1) is 17.4 Å². The zero-order valence-corrected chi connectivity index (χ0v) is 26.9. The molecule has 0 radical (unpaired) electrons. The van der Waals surface area contributed by atoms with Gasteiger partial charge in [0.2, 0.25) is 5.95 Å². The number of piperazine rings is 1. The normalized spacial score (nSPS) is 17.4. The van der Waals surface area contributed by atoms with E-state index in [0.717, 1.165) is 70.1 Å². The number of pyridine rings is 2. The van der Waals surface area contributed by atoms with Crippen molar-refractivity contribution >= 4 is 40.2 Å². The second-order valence-corrected chi connectivity index (χ2v) is 12.4. The molecule has 4 heterocycles. The van der Waals surface area contributed by atoms with E-state index in [9.17, 15) is 19.6 Å². The first-order valence-electron chi connectivity index (χ1n) is 16.3. The Morgan fingerprint density at radius 1 is 1.02 bits per heavy atom. The molecule has 2 aliphatic rings. The third-order valence-electron chi connectivity index (χ3n) is 9.62. The number of unbranched alkanes of at least 4 members (excludes halogenated alkanes) is 1. The van der Waals surface area contributed by atoms with Crippen LogP contribution in [0.2, 0.25) is 0 Å². The Morgan fingerprint density at radius 2 is 1.76 bits per heavy atom. The number of aryl methyl sites for hydroxylation is 1. The van der Waals surface area contributed by atoms with Crippen LogP contribution in [0.5, 0.6) is 0 Å². The minimum Gasteiger partial charge on any atom is -0.368 e. The number of hydroxylamine groups is 1. The van der Waals surface area contributed by atoms with E-state index >= 15 is 0 Å². The number of rotatable bonds is 12. The second-order valence-electron chi connectivity index (χ2n) is 12.4. The minimum atomic E-state index is -0.702. The van der Waals surface area contributed by atoms with Crippen LogP contribution < -0.4 is 21.3 Å². The summed E-state index contributed by atoms with van der Waals surface area (Å²) < 4.78 is 1.71. The van der Waals surface area contributed by atoms with Crippen molar-refractivity contribution in [3.63, 3.8) is 0 Å². The maximum absolute atomic E-state index is 13.5. The molecular formula is C33H46N8O4. The van der Waals surface area contributed by atoms with E-state index in [1.54, 1.807) is 17.7 Å². The Labute approximate surface area is 264 Å². The molecular weight excluding hydrogens is 572 g/mol. The van der Waals surface area contributed by atoms with Crippen molar-refractivity contribution < 1.29 is 14.8 Å². The number of nitrogens with one attached hydrogen (secondary N) is 2. The van der Waals surface area contributed by atoms with E-state index in [4.69, 9.17) is 4.98 Å². The van der Waals surface area contributed by atoms with E-state index < -0.39 is 5.54 Å². The summed E-state index contributed by atoms with van der Waals surface area (Å²) in [6.45, 7) is 10.3. The molecule has 0 bridgehead atoms. The number of carbonyl (C=O) groups is 2. The number of hydrogen-bond acceptors (Lipinski definition) is 10. The van der Waals surface area contributed by atoms with Crippen LogP contribution in [0.15, 0.2) is 29.3 Å². The average Bonchev–Trinajstić information content (AvgIpc) is 3.57. The number of carbonyl (C=O) groups excluding carboxylic acids is 2. The van der Waals surface area contributed by atoms with Crippen LogP contribution >= 0.6 is 0 Å². The summed E-state index contributed by atoms with van der Waals surface area (Å²) in [5.74, 6) is 0.351. The third-order valence-corrected chi connectivity index (χ3v) is 9.62. The van der Waals surface area contributed by atoms with Crippen LogP contribution in [0.1, 0.15) is 101 Å². The first-order valence-corrected chi connectivity index (χ1v) is 16.3. The highest BCUT2D eigenvalue weighted by Gasteiger charge is 2.43. The number of Topliss-reactive ketones (excluding diaryl/α,β-unsaturated/α-hetero) is 1. The smallest absolute Gasteiger partial charge is 0.263 e. The fraction of sp³-hybridized carbons (Fsp3) is 0.576. The van der Waals surface area contributed by atoms with Crippen LogP contribution in [0.3, 0.4) is 0 Å². The zero-order valence-electron chi connectivity index (χ0n) is 26.9. The van der Waals surface area contributed by atoms with Gasteiger partial charge in [-0.3, -0.25) is 29.1 Å². The average molecular weight is 619 g/mol. The Morgan fingerprint density at radius 3 is 2.36 bits per heavy atom. The van der Waals surface area contributed by atoms with Crippen molar-refractivity contribution in [1.82, 2.24) is 29.9 Å². The fourth-order valence-corrected chi connectivity index (χ4v) is 7.26. The third kappa shape index (κ3) is 6.44. The highest BCUT2D eigenvalue weighted by Crippen LogP contribution is 2.33. The molecule has 2 fully saturated rings. The lowest BCUT2D eigenvalue weighted by molar-refractivity contribution is -0.144. The molecule has 5 rings (SSSR count). The summed E-state index contributed by atoms with van der Waals surface area (Å²) in [7, 11) is 0. The van der Waals surface area contributed by atoms with Crippen molar-refractivity contribution in [2.75, 3.05) is 36.4 Å². The van der Waals surface area contributed by atoms with Gasteiger partial charge in [0, 0.05) is 43.8 Å². The first-order chi connectivity index (χ1) is 21.7. The molecule has 1 saturated carbocycles. The van der Waals surface area contributed by atoms with Crippen LogP contribution in [-0.2, 0) is 4.79 Å². The lowest BCUT2D eigenvalue weighted by atomic mass is 9.84. The monoisotopic (exact) mass is 618 g/mol. The summed E-state index contributed by atoms with van der Waals surface area (Å²) in [5.41, 5.74) is 3.31. The second kappa shape index (κ2) is 14.0. The maximum atomic E-state index is 13.5. The summed E-state index contributed by atoms with van der Waals surface area (Å²) >= 11 is 0. The van der Waals surface area contributed by atoms with Gasteiger partial charge in [-0.1, -0.05) is 46.0 Å². The Hall–Kier alpha value is -3.90. The molecule has 0 aromatic carbocycles.